The first-order valence-corrected chi connectivity index (χ1v) is 6.12. The van der Waals surface area contributed by atoms with Crippen LogP contribution >= 0.6 is 0 Å². The molecule has 0 atom stereocenters. The fourth-order valence-electron chi connectivity index (χ4n) is 1.87. The minimum Gasteiger partial charge on any atom is -0.298 e. The number of benzene rings is 1. The van der Waals surface area contributed by atoms with Crippen LogP contribution in [0.4, 0.5) is 0 Å². The zero-order valence-electron chi connectivity index (χ0n) is 10.3. The largest absolute Gasteiger partial charge is 0.298 e. The predicted octanol–water partition coefficient (Wildman–Crippen LogP) is 2.41. The third-order valence-electron chi connectivity index (χ3n) is 2.90. The van der Waals surface area contributed by atoms with E-state index >= 15 is 0 Å². The number of hydrogen-bond acceptors (Lipinski definition) is 2. The van der Waals surface area contributed by atoms with Crippen LogP contribution in [0.5, 0.6) is 0 Å². The van der Waals surface area contributed by atoms with Crippen LogP contribution in [-0.4, -0.2) is 27.8 Å². The Morgan fingerprint density at radius 2 is 2.00 bits per heavy atom. The second kappa shape index (κ2) is 6.21. The second-order valence-corrected chi connectivity index (χ2v) is 4.12. The molecule has 1 aromatic heterocycles. The van der Waals surface area contributed by atoms with Gasteiger partial charge in [0, 0.05) is 25.5 Å². The van der Waals surface area contributed by atoms with E-state index in [1.54, 1.807) is 0 Å². The average Bonchev–Trinajstić information content (AvgIpc) is 2.89. The molecule has 1 aromatic carbocycles. The van der Waals surface area contributed by atoms with E-state index in [4.69, 9.17) is 0 Å². The second-order valence-electron chi connectivity index (χ2n) is 4.12. The molecular formula is C14H19N3. The Bertz CT molecular complexity index is 408. The third-order valence-corrected chi connectivity index (χ3v) is 2.90. The van der Waals surface area contributed by atoms with Gasteiger partial charge in [-0.3, -0.25) is 9.58 Å². The van der Waals surface area contributed by atoms with Gasteiger partial charge in [-0.1, -0.05) is 37.3 Å². The van der Waals surface area contributed by atoms with E-state index in [2.05, 4.69) is 47.3 Å². The molecule has 90 valence electrons. The van der Waals surface area contributed by atoms with Gasteiger partial charge < -0.3 is 0 Å². The Morgan fingerprint density at radius 1 is 1.18 bits per heavy atom. The molecule has 0 fully saturated rings. The van der Waals surface area contributed by atoms with Gasteiger partial charge >= 0.3 is 0 Å². The zero-order chi connectivity index (χ0) is 11.9. The van der Waals surface area contributed by atoms with Crippen LogP contribution in [-0.2, 0) is 13.1 Å². The van der Waals surface area contributed by atoms with Crippen LogP contribution in [0.25, 0.3) is 0 Å². The molecule has 2 rings (SSSR count). The molecule has 2 aromatic rings. The molecule has 1 heterocycles. The van der Waals surface area contributed by atoms with Crippen LogP contribution in [0.1, 0.15) is 12.5 Å². The number of aromatic nitrogens is 2. The third kappa shape index (κ3) is 3.71. The molecule has 0 spiro atoms. The number of likely N-dealkylation sites (N-methyl/N-ethyl adjacent to an activating group) is 1. The standard InChI is InChI=1S/C14H19N3/c1-2-16(11-12-17-10-6-9-15-17)13-14-7-4-3-5-8-14/h3-10H,2,11-13H2,1H3. The maximum Gasteiger partial charge on any atom is 0.0536 e. The Morgan fingerprint density at radius 3 is 2.65 bits per heavy atom. The van der Waals surface area contributed by atoms with Crippen molar-refractivity contribution in [3.05, 3.63) is 54.4 Å². The first-order chi connectivity index (χ1) is 8.38. The summed E-state index contributed by atoms with van der Waals surface area (Å²) in [6.07, 6.45) is 3.84. The first-order valence-electron chi connectivity index (χ1n) is 6.12. The van der Waals surface area contributed by atoms with Gasteiger partial charge in [0.15, 0.2) is 0 Å². The summed E-state index contributed by atoms with van der Waals surface area (Å²) >= 11 is 0. The van der Waals surface area contributed by atoms with E-state index in [1.165, 1.54) is 5.56 Å². The summed E-state index contributed by atoms with van der Waals surface area (Å²) in [4.78, 5) is 2.43. The van der Waals surface area contributed by atoms with Crippen molar-refractivity contribution >= 4 is 0 Å². The summed E-state index contributed by atoms with van der Waals surface area (Å²) in [5.41, 5.74) is 1.37. The Hall–Kier alpha value is -1.61. The van der Waals surface area contributed by atoms with Gasteiger partial charge in [0.25, 0.3) is 0 Å². The molecule has 0 aliphatic rings. The molecule has 0 bridgehead atoms. The lowest BCUT2D eigenvalue weighted by molar-refractivity contribution is 0.263. The lowest BCUT2D eigenvalue weighted by Gasteiger charge is -2.20. The highest BCUT2D eigenvalue weighted by Gasteiger charge is 2.03. The monoisotopic (exact) mass is 229 g/mol. The van der Waals surface area contributed by atoms with Gasteiger partial charge in [-0.25, -0.2) is 0 Å². The van der Waals surface area contributed by atoms with E-state index in [-0.39, 0.29) is 0 Å². The van der Waals surface area contributed by atoms with Crippen LogP contribution in [0.15, 0.2) is 48.8 Å². The van der Waals surface area contributed by atoms with Gasteiger partial charge in [-0.15, -0.1) is 0 Å². The number of rotatable bonds is 6. The molecule has 0 aliphatic carbocycles. The summed E-state index contributed by atoms with van der Waals surface area (Å²) in [6.45, 7) is 6.27. The van der Waals surface area contributed by atoms with Gasteiger partial charge in [0.05, 0.1) is 6.54 Å². The van der Waals surface area contributed by atoms with Crippen LogP contribution in [0.3, 0.4) is 0 Å². The summed E-state index contributed by atoms with van der Waals surface area (Å²) in [6, 6.07) is 12.6. The molecule has 0 saturated heterocycles. The van der Waals surface area contributed by atoms with Crippen molar-refractivity contribution in [2.75, 3.05) is 13.1 Å². The van der Waals surface area contributed by atoms with E-state index in [9.17, 15) is 0 Å². The van der Waals surface area contributed by atoms with E-state index in [0.29, 0.717) is 0 Å². The molecule has 3 heteroatoms. The average molecular weight is 229 g/mol. The van der Waals surface area contributed by atoms with Gasteiger partial charge in [-0.2, -0.15) is 5.10 Å². The van der Waals surface area contributed by atoms with Gasteiger partial charge in [0.2, 0.25) is 0 Å². The van der Waals surface area contributed by atoms with E-state index < -0.39 is 0 Å². The molecule has 17 heavy (non-hydrogen) atoms. The van der Waals surface area contributed by atoms with Crippen molar-refractivity contribution < 1.29 is 0 Å². The molecule has 0 aliphatic heterocycles. The molecule has 3 nitrogen and oxygen atoms in total. The normalized spacial score (nSPS) is 10.9. The van der Waals surface area contributed by atoms with Crippen LogP contribution in [0.2, 0.25) is 0 Å². The molecule has 0 saturated carbocycles. The topological polar surface area (TPSA) is 21.1 Å². The Kier molecular flexibility index (Phi) is 4.33. The van der Waals surface area contributed by atoms with Crippen molar-refractivity contribution in [1.29, 1.82) is 0 Å². The smallest absolute Gasteiger partial charge is 0.0536 e. The van der Waals surface area contributed by atoms with Gasteiger partial charge in [0.1, 0.15) is 0 Å². The Balaban J connectivity index is 1.85. The molecule has 0 unspecified atom stereocenters. The highest BCUT2D eigenvalue weighted by molar-refractivity contribution is 5.14. The van der Waals surface area contributed by atoms with Crippen molar-refractivity contribution in [3.63, 3.8) is 0 Å². The van der Waals surface area contributed by atoms with Crippen molar-refractivity contribution in [1.82, 2.24) is 14.7 Å². The summed E-state index contributed by atoms with van der Waals surface area (Å²) in [5.74, 6) is 0. The molecule has 0 N–H and O–H groups in total. The highest BCUT2D eigenvalue weighted by Crippen LogP contribution is 2.04. The predicted molar refractivity (Wildman–Crippen MR) is 69.6 cm³/mol. The lowest BCUT2D eigenvalue weighted by atomic mass is 10.2. The summed E-state index contributed by atoms with van der Waals surface area (Å²) in [7, 11) is 0. The SMILES string of the molecule is CCN(CCn1cccn1)Cc1ccccc1. The Labute approximate surface area is 103 Å². The van der Waals surface area contributed by atoms with Crippen LogP contribution in [0, 0.1) is 0 Å². The van der Waals surface area contributed by atoms with Crippen molar-refractivity contribution in [2.24, 2.45) is 0 Å². The van der Waals surface area contributed by atoms with Crippen molar-refractivity contribution in [3.8, 4) is 0 Å². The quantitative estimate of drug-likeness (QED) is 0.758. The zero-order valence-corrected chi connectivity index (χ0v) is 10.3. The molecular weight excluding hydrogens is 210 g/mol. The first kappa shape index (κ1) is 11.9. The molecule has 0 amide bonds. The number of hydrogen-bond donors (Lipinski definition) is 0. The summed E-state index contributed by atoms with van der Waals surface area (Å²) in [5, 5.41) is 4.22. The lowest BCUT2D eigenvalue weighted by Crippen LogP contribution is -2.27. The maximum absolute atomic E-state index is 4.22. The highest BCUT2D eigenvalue weighted by atomic mass is 15.3. The fourth-order valence-corrected chi connectivity index (χ4v) is 1.87. The van der Waals surface area contributed by atoms with E-state index in [0.717, 1.165) is 26.2 Å². The minimum atomic E-state index is 0.952. The van der Waals surface area contributed by atoms with Crippen LogP contribution < -0.4 is 0 Å². The minimum absolute atomic E-state index is 0.952. The number of nitrogens with zero attached hydrogens (tertiary/aromatic N) is 3. The fraction of sp³-hybridized carbons (Fsp3) is 0.357. The maximum atomic E-state index is 4.22. The van der Waals surface area contributed by atoms with E-state index in [1.807, 2.05) is 23.1 Å². The van der Waals surface area contributed by atoms with Gasteiger partial charge in [-0.05, 0) is 18.2 Å². The molecule has 0 radical (unpaired) electrons. The summed E-state index contributed by atoms with van der Waals surface area (Å²) < 4.78 is 1.98. The van der Waals surface area contributed by atoms with Crippen molar-refractivity contribution in [2.45, 2.75) is 20.0 Å².